The molecule has 90 valence electrons. The number of halogens is 1. The molecule has 1 heterocycles. The minimum Gasteiger partial charge on any atom is -0.229 e. The molecule has 2 rings (SSSR count). The first-order valence-corrected chi connectivity index (χ1v) is 7.46. The van der Waals surface area contributed by atoms with Gasteiger partial charge >= 0.3 is 0 Å². The second-order valence-electron chi connectivity index (χ2n) is 4.30. The van der Waals surface area contributed by atoms with E-state index >= 15 is 0 Å². The van der Waals surface area contributed by atoms with E-state index in [1.54, 1.807) is 11.3 Å². The molecule has 0 aliphatic carbocycles. The Bertz CT molecular complexity index is 501. The zero-order valence-electron chi connectivity index (χ0n) is 10.3. The number of aryl methyl sites for hydroxylation is 1. The summed E-state index contributed by atoms with van der Waals surface area (Å²) in [6, 6.07) is 8.79. The van der Waals surface area contributed by atoms with Gasteiger partial charge < -0.3 is 0 Å². The first kappa shape index (κ1) is 12.8. The van der Waals surface area contributed by atoms with Crippen molar-refractivity contribution < 1.29 is 0 Å². The summed E-state index contributed by atoms with van der Waals surface area (Å²) in [6.45, 7) is 6.60. The summed E-state index contributed by atoms with van der Waals surface area (Å²) in [4.78, 5) is 5.77. The Morgan fingerprint density at radius 3 is 2.41 bits per heavy atom. The van der Waals surface area contributed by atoms with Crippen molar-refractivity contribution in [3.05, 3.63) is 38.6 Å². The van der Waals surface area contributed by atoms with Crippen molar-refractivity contribution >= 4 is 27.3 Å². The summed E-state index contributed by atoms with van der Waals surface area (Å²) >= 11 is 5.12. The van der Waals surface area contributed by atoms with Crippen LogP contribution >= 0.6 is 27.3 Å². The molecule has 1 unspecified atom stereocenters. The molecule has 0 spiro atoms. The van der Waals surface area contributed by atoms with Crippen molar-refractivity contribution in [1.29, 1.82) is 0 Å². The van der Waals surface area contributed by atoms with E-state index in [-0.39, 0.29) is 0 Å². The van der Waals surface area contributed by atoms with Crippen LogP contribution in [0.3, 0.4) is 0 Å². The Labute approximate surface area is 115 Å². The zero-order chi connectivity index (χ0) is 12.4. The van der Waals surface area contributed by atoms with Gasteiger partial charge in [-0.2, -0.15) is 0 Å². The molecule has 1 aromatic heterocycles. The molecule has 0 radical (unpaired) electrons. The topological polar surface area (TPSA) is 12.9 Å². The number of hydrogen-bond acceptors (Lipinski definition) is 2. The lowest BCUT2D eigenvalue weighted by Gasteiger charge is -2.09. The largest absolute Gasteiger partial charge is 0.229 e. The monoisotopic (exact) mass is 309 g/mol. The summed E-state index contributed by atoms with van der Waals surface area (Å²) < 4.78 is 0.955. The highest BCUT2D eigenvalue weighted by molar-refractivity contribution is 9.11. The molecule has 2 aromatic rings. The maximum Gasteiger partial charge on any atom is 0.160 e. The molecule has 3 heteroatoms. The second-order valence-corrected chi connectivity index (χ2v) is 6.78. The molecule has 0 amide bonds. The van der Waals surface area contributed by atoms with Gasteiger partial charge in [0.2, 0.25) is 0 Å². The third-order valence-electron chi connectivity index (χ3n) is 3.14. The van der Waals surface area contributed by atoms with E-state index in [9.17, 15) is 0 Å². The SMILES string of the molecule is CCC(C)c1ccc(-c2nc(Br)sc2C)cc1. The van der Waals surface area contributed by atoms with E-state index in [2.05, 4.69) is 66.0 Å². The minimum atomic E-state index is 0.632. The Balaban J connectivity index is 2.32. The highest BCUT2D eigenvalue weighted by atomic mass is 79.9. The highest BCUT2D eigenvalue weighted by Crippen LogP contribution is 2.31. The van der Waals surface area contributed by atoms with E-state index in [4.69, 9.17) is 0 Å². The summed E-state index contributed by atoms with van der Waals surface area (Å²) in [5.41, 5.74) is 3.71. The van der Waals surface area contributed by atoms with Crippen LogP contribution in [0.5, 0.6) is 0 Å². The maximum absolute atomic E-state index is 4.51. The first-order chi connectivity index (χ1) is 8.11. The fourth-order valence-corrected chi connectivity index (χ4v) is 3.39. The lowest BCUT2D eigenvalue weighted by molar-refractivity contribution is 0.734. The number of rotatable bonds is 3. The molecule has 17 heavy (non-hydrogen) atoms. The lowest BCUT2D eigenvalue weighted by Crippen LogP contribution is -1.91. The quantitative estimate of drug-likeness (QED) is 0.740. The van der Waals surface area contributed by atoms with E-state index in [1.165, 1.54) is 22.4 Å². The van der Waals surface area contributed by atoms with E-state index in [0.717, 1.165) is 9.61 Å². The predicted molar refractivity (Wildman–Crippen MR) is 78.7 cm³/mol. The summed E-state index contributed by atoms with van der Waals surface area (Å²) in [6.07, 6.45) is 1.18. The summed E-state index contributed by atoms with van der Waals surface area (Å²) in [7, 11) is 0. The third kappa shape index (κ3) is 2.78. The molecule has 0 saturated carbocycles. The number of nitrogens with zero attached hydrogens (tertiary/aromatic N) is 1. The van der Waals surface area contributed by atoms with Crippen molar-refractivity contribution in [3.63, 3.8) is 0 Å². The van der Waals surface area contributed by atoms with Crippen LogP contribution in [0.15, 0.2) is 28.2 Å². The van der Waals surface area contributed by atoms with Crippen molar-refractivity contribution in [2.24, 2.45) is 0 Å². The molecule has 0 aliphatic rings. The summed E-state index contributed by atoms with van der Waals surface area (Å²) in [5.74, 6) is 0.632. The summed E-state index contributed by atoms with van der Waals surface area (Å²) in [5, 5.41) is 0. The molecular formula is C14H16BrNS. The van der Waals surface area contributed by atoms with Crippen LogP contribution in [0, 0.1) is 6.92 Å². The standard InChI is InChI=1S/C14H16BrNS/c1-4-9(2)11-5-7-12(8-6-11)13-10(3)17-14(15)16-13/h5-9H,4H2,1-3H3. The predicted octanol–water partition coefficient (Wildman–Crippen LogP) is 5.39. The van der Waals surface area contributed by atoms with Crippen LogP contribution in [-0.4, -0.2) is 4.98 Å². The molecule has 0 N–H and O–H groups in total. The van der Waals surface area contributed by atoms with Gasteiger partial charge in [0, 0.05) is 10.4 Å². The Kier molecular flexibility index (Phi) is 4.00. The van der Waals surface area contributed by atoms with Gasteiger partial charge in [0.05, 0.1) is 5.69 Å². The van der Waals surface area contributed by atoms with Crippen LogP contribution in [0.1, 0.15) is 36.6 Å². The van der Waals surface area contributed by atoms with Crippen molar-refractivity contribution in [1.82, 2.24) is 4.98 Å². The number of benzene rings is 1. The van der Waals surface area contributed by atoms with Crippen LogP contribution in [0.4, 0.5) is 0 Å². The van der Waals surface area contributed by atoms with Crippen molar-refractivity contribution in [2.75, 3.05) is 0 Å². The third-order valence-corrected chi connectivity index (χ3v) is 4.56. The smallest absolute Gasteiger partial charge is 0.160 e. The van der Waals surface area contributed by atoms with E-state index < -0.39 is 0 Å². The van der Waals surface area contributed by atoms with Gasteiger partial charge in [-0.15, -0.1) is 11.3 Å². The minimum absolute atomic E-state index is 0.632. The molecule has 0 bridgehead atoms. The second kappa shape index (κ2) is 5.32. The van der Waals surface area contributed by atoms with Crippen molar-refractivity contribution in [2.45, 2.75) is 33.1 Å². The van der Waals surface area contributed by atoms with E-state index in [0.29, 0.717) is 5.92 Å². The normalized spacial score (nSPS) is 12.7. The van der Waals surface area contributed by atoms with Crippen molar-refractivity contribution in [3.8, 4) is 11.3 Å². The first-order valence-electron chi connectivity index (χ1n) is 5.85. The van der Waals surface area contributed by atoms with Crippen LogP contribution in [0.25, 0.3) is 11.3 Å². The fourth-order valence-electron chi connectivity index (χ4n) is 1.84. The maximum atomic E-state index is 4.51. The van der Waals surface area contributed by atoms with Crippen LogP contribution in [-0.2, 0) is 0 Å². The molecular weight excluding hydrogens is 294 g/mol. The van der Waals surface area contributed by atoms with Gasteiger partial charge in [-0.25, -0.2) is 4.98 Å². The van der Waals surface area contributed by atoms with Crippen LogP contribution < -0.4 is 0 Å². The molecule has 0 aliphatic heterocycles. The number of hydrogen-bond donors (Lipinski definition) is 0. The molecule has 1 aromatic carbocycles. The molecule has 0 saturated heterocycles. The van der Waals surface area contributed by atoms with Gasteiger partial charge in [0.1, 0.15) is 0 Å². The van der Waals surface area contributed by atoms with E-state index in [1.807, 2.05) is 0 Å². The average Bonchev–Trinajstić information content (AvgIpc) is 2.68. The lowest BCUT2D eigenvalue weighted by atomic mass is 9.97. The fraction of sp³-hybridized carbons (Fsp3) is 0.357. The highest BCUT2D eigenvalue weighted by Gasteiger charge is 2.09. The number of thiazole rings is 1. The van der Waals surface area contributed by atoms with Gasteiger partial charge in [0.15, 0.2) is 3.92 Å². The zero-order valence-corrected chi connectivity index (χ0v) is 12.7. The number of aromatic nitrogens is 1. The van der Waals surface area contributed by atoms with Gasteiger partial charge in [-0.1, -0.05) is 38.1 Å². The molecule has 1 nitrogen and oxygen atoms in total. The average molecular weight is 310 g/mol. The van der Waals surface area contributed by atoms with Gasteiger partial charge in [-0.05, 0) is 40.8 Å². The Hall–Kier alpha value is -0.670. The Morgan fingerprint density at radius 2 is 1.94 bits per heavy atom. The Morgan fingerprint density at radius 1 is 1.29 bits per heavy atom. The van der Waals surface area contributed by atoms with Gasteiger partial charge in [0.25, 0.3) is 0 Å². The van der Waals surface area contributed by atoms with Crippen LogP contribution in [0.2, 0.25) is 0 Å². The molecule has 1 atom stereocenters. The van der Waals surface area contributed by atoms with Gasteiger partial charge in [-0.3, -0.25) is 0 Å². The molecule has 0 fully saturated rings.